The second kappa shape index (κ2) is 14.8. The number of H-pyrrole nitrogens is 1. The van der Waals surface area contributed by atoms with Gasteiger partial charge in [-0.25, -0.2) is 0 Å². The van der Waals surface area contributed by atoms with Crippen LogP contribution in [-0.2, 0) is 32.0 Å². The zero-order chi connectivity index (χ0) is 31.8. The normalized spacial score (nSPS) is 18.8. The highest BCUT2D eigenvalue weighted by Crippen LogP contribution is 2.35. The van der Waals surface area contributed by atoms with Crippen LogP contribution in [0.1, 0.15) is 95.7 Å². The molecule has 0 aromatic carbocycles. The molecule has 2 aliphatic heterocycles. The minimum Gasteiger partial charge on any atom is -0.481 e. The Labute approximate surface area is 253 Å². The summed E-state index contributed by atoms with van der Waals surface area (Å²) in [5.41, 5.74) is 9.34. The number of allylic oxidation sites excluding steroid dienone is 3. The lowest BCUT2D eigenvalue weighted by molar-refractivity contribution is -0.138. The number of hydrogen-bond donors (Lipinski definition) is 5. The molecule has 2 unspecified atom stereocenters. The monoisotopic (exact) mass is 592 g/mol. The smallest absolute Gasteiger partial charge is 0.303 e. The largest absolute Gasteiger partial charge is 0.481 e. The van der Waals surface area contributed by atoms with Gasteiger partial charge in [-0.1, -0.05) is 25.5 Å². The summed E-state index contributed by atoms with van der Waals surface area (Å²) < 4.78 is 0. The average molecular weight is 593 g/mol. The van der Waals surface area contributed by atoms with E-state index in [9.17, 15) is 29.4 Å². The number of aromatic amines is 1. The van der Waals surface area contributed by atoms with Gasteiger partial charge in [-0.15, -0.1) is 0 Å². The van der Waals surface area contributed by atoms with E-state index in [-0.39, 0.29) is 37.3 Å². The molecule has 1 aromatic rings. The maximum Gasteiger partial charge on any atom is 0.303 e. The van der Waals surface area contributed by atoms with Crippen LogP contribution in [0.3, 0.4) is 0 Å². The molecule has 43 heavy (non-hydrogen) atoms. The fourth-order valence-corrected chi connectivity index (χ4v) is 6.00. The van der Waals surface area contributed by atoms with Crippen molar-refractivity contribution in [2.45, 2.75) is 105 Å². The molecular weight excluding hydrogens is 548 g/mol. The molecule has 5 N–H and O–H groups in total. The number of amides is 2. The predicted octanol–water partition coefficient (Wildman–Crippen LogP) is 4.95. The maximum absolute atomic E-state index is 12.4. The van der Waals surface area contributed by atoms with Crippen LogP contribution in [0.2, 0.25) is 0 Å². The Bertz CT molecular complexity index is 1440. The molecule has 0 fully saturated rings. The van der Waals surface area contributed by atoms with Gasteiger partial charge in [0.05, 0.1) is 17.8 Å². The molecule has 2 atom stereocenters. The number of hydrogen-bond acceptors (Lipinski definition) is 5. The molecule has 2 aliphatic rings. The summed E-state index contributed by atoms with van der Waals surface area (Å²) >= 11 is 0. The summed E-state index contributed by atoms with van der Waals surface area (Å²) in [7, 11) is 0. The standard InChI is InChI=1S/C33H44N4O6/c1-7-9-18(3)25(34-17-38)14-26-19(4)23(10-12-31(39)40)29(35-26)16-30-24(11-13-32(41)42)20(5)27(36-30)15-28-22(8-2)21(6)33(43)37-28/h9,16-17,25,28,36H,7-8,10-15H2,1-6H3,(H,34,38)(H,37,43)(H,39,40)(H,41,42)/b18-9+,29-16?. The van der Waals surface area contributed by atoms with E-state index >= 15 is 0 Å². The van der Waals surface area contributed by atoms with Crippen LogP contribution in [0.25, 0.3) is 6.08 Å². The van der Waals surface area contributed by atoms with Crippen LogP contribution in [0.4, 0.5) is 0 Å². The molecule has 10 heteroatoms. The first-order chi connectivity index (χ1) is 20.4. The third kappa shape index (κ3) is 8.00. The van der Waals surface area contributed by atoms with E-state index in [2.05, 4.69) is 21.7 Å². The summed E-state index contributed by atoms with van der Waals surface area (Å²) in [6, 6.07) is -0.392. The molecule has 2 amide bonds. The first kappa shape index (κ1) is 33.3. The first-order valence-corrected chi connectivity index (χ1v) is 14.9. The van der Waals surface area contributed by atoms with Crippen LogP contribution < -0.4 is 10.6 Å². The lowest BCUT2D eigenvalue weighted by Crippen LogP contribution is -2.31. The lowest BCUT2D eigenvalue weighted by atomic mass is 9.95. The Morgan fingerprint density at radius 3 is 2.35 bits per heavy atom. The third-order valence-electron chi connectivity index (χ3n) is 8.50. The van der Waals surface area contributed by atoms with Crippen LogP contribution in [0.15, 0.2) is 44.6 Å². The van der Waals surface area contributed by atoms with Gasteiger partial charge >= 0.3 is 11.9 Å². The topological polar surface area (TPSA) is 161 Å². The van der Waals surface area contributed by atoms with E-state index in [1.807, 2.05) is 47.6 Å². The Morgan fingerprint density at radius 1 is 1.07 bits per heavy atom. The summed E-state index contributed by atoms with van der Waals surface area (Å²) in [5.74, 6) is -1.88. The van der Waals surface area contributed by atoms with Gasteiger partial charge in [0.15, 0.2) is 0 Å². The van der Waals surface area contributed by atoms with E-state index in [1.54, 1.807) is 0 Å². The van der Waals surface area contributed by atoms with E-state index in [1.165, 1.54) is 0 Å². The number of aromatic nitrogens is 1. The quantitative estimate of drug-likeness (QED) is 0.135. The molecule has 0 saturated heterocycles. The SMILES string of the molecule is CC/C=C(\C)C(CC1=NC(=Cc2[nH]c(CC3NC(=O)C(C)=C3CC)c(C)c2CCC(=O)O)C(CCC(=O)O)=C1C)NC=O. The summed E-state index contributed by atoms with van der Waals surface area (Å²) in [6.45, 7) is 11.7. The van der Waals surface area contributed by atoms with Crippen LogP contribution >= 0.6 is 0 Å². The van der Waals surface area contributed by atoms with Crippen molar-refractivity contribution in [3.63, 3.8) is 0 Å². The molecule has 1 aromatic heterocycles. The second-order valence-electron chi connectivity index (χ2n) is 11.2. The van der Waals surface area contributed by atoms with Crippen LogP contribution in [0.5, 0.6) is 0 Å². The number of carbonyl (C=O) groups is 4. The van der Waals surface area contributed by atoms with Crippen molar-refractivity contribution >= 4 is 36.0 Å². The van der Waals surface area contributed by atoms with Crippen molar-refractivity contribution in [2.24, 2.45) is 4.99 Å². The highest BCUT2D eigenvalue weighted by Gasteiger charge is 2.30. The van der Waals surface area contributed by atoms with Gasteiger partial charge in [0.2, 0.25) is 12.3 Å². The highest BCUT2D eigenvalue weighted by molar-refractivity contribution is 6.05. The zero-order valence-corrected chi connectivity index (χ0v) is 26.0. The minimum absolute atomic E-state index is 0.0506. The Balaban J connectivity index is 2.08. The first-order valence-electron chi connectivity index (χ1n) is 14.9. The molecule has 0 saturated carbocycles. The van der Waals surface area contributed by atoms with Gasteiger partial charge < -0.3 is 25.8 Å². The summed E-state index contributed by atoms with van der Waals surface area (Å²) in [4.78, 5) is 55.2. The number of carbonyl (C=O) groups excluding carboxylic acids is 2. The number of carboxylic acid groups (broad SMARTS) is 2. The predicted molar refractivity (Wildman–Crippen MR) is 167 cm³/mol. The number of nitrogens with one attached hydrogen (secondary N) is 3. The van der Waals surface area contributed by atoms with Crippen LogP contribution in [-0.4, -0.2) is 57.2 Å². The van der Waals surface area contributed by atoms with E-state index < -0.39 is 11.9 Å². The van der Waals surface area contributed by atoms with Gasteiger partial charge in [-0.3, -0.25) is 24.2 Å². The molecule has 0 aliphatic carbocycles. The number of carboxylic acids is 2. The van der Waals surface area contributed by atoms with Crippen molar-refractivity contribution in [1.82, 2.24) is 15.6 Å². The minimum atomic E-state index is -0.913. The van der Waals surface area contributed by atoms with Gasteiger partial charge in [-0.2, -0.15) is 0 Å². The Hall–Kier alpha value is -4.21. The molecule has 10 nitrogen and oxygen atoms in total. The molecule has 232 valence electrons. The molecule has 3 rings (SSSR count). The number of aliphatic imine (C=N–C) groups is 1. The molecule has 0 bridgehead atoms. The second-order valence-corrected chi connectivity index (χ2v) is 11.2. The molecular formula is C33H44N4O6. The average Bonchev–Trinajstić information content (AvgIpc) is 3.50. The van der Waals surface area contributed by atoms with Crippen LogP contribution in [0, 0.1) is 6.92 Å². The maximum atomic E-state index is 12.4. The number of nitrogens with zero attached hydrogens (tertiary/aromatic N) is 1. The Morgan fingerprint density at radius 2 is 1.74 bits per heavy atom. The van der Waals surface area contributed by atoms with Gasteiger partial charge in [0.25, 0.3) is 0 Å². The summed E-state index contributed by atoms with van der Waals surface area (Å²) in [5, 5.41) is 24.8. The van der Waals surface area contributed by atoms with E-state index in [4.69, 9.17) is 4.99 Å². The van der Waals surface area contributed by atoms with E-state index in [0.29, 0.717) is 31.4 Å². The van der Waals surface area contributed by atoms with Crippen molar-refractivity contribution in [3.05, 3.63) is 62.2 Å². The van der Waals surface area contributed by atoms with Crippen molar-refractivity contribution in [3.8, 4) is 0 Å². The zero-order valence-electron chi connectivity index (χ0n) is 26.0. The number of aliphatic carboxylic acids is 2. The fraction of sp³-hybridized carbons (Fsp3) is 0.485. The van der Waals surface area contributed by atoms with E-state index in [0.717, 1.165) is 68.9 Å². The number of rotatable bonds is 16. The molecule has 3 heterocycles. The van der Waals surface area contributed by atoms with Gasteiger partial charge in [0, 0.05) is 48.4 Å². The molecule has 0 spiro atoms. The fourth-order valence-electron chi connectivity index (χ4n) is 6.00. The van der Waals surface area contributed by atoms with Crippen molar-refractivity contribution in [2.75, 3.05) is 0 Å². The van der Waals surface area contributed by atoms with Gasteiger partial charge in [-0.05, 0) is 87.3 Å². The highest BCUT2D eigenvalue weighted by atomic mass is 16.4. The molecule has 0 radical (unpaired) electrons. The van der Waals surface area contributed by atoms with Gasteiger partial charge in [0.1, 0.15) is 0 Å². The van der Waals surface area contributed by atoms with Crippen molar-refractivity contribution in [1.29, 1.82) is 0 Å². The van der Waals surface area contributed by atoms with Crippen molar-refractivity contribution < 1.29 is 29.4 Å². The summed E-state index contributed by atoms with van der Waals surface area (Å²) in [6.07, 6.45) is 7.66. The third-order valence-corrected chi connectivity index (χ3v) is 8.50. The lowest BCUT2D eigenvalue weighted by Gasteiger charge is -2.17. The Kier molecular flexibility index (Phi) is 11.5.